The standard InChI is InChI=1S/C44H78O11/c1-3-5-7-9-11-13-15-17-19-21-22-24-26-28-30-32-37(45)52-34-36(35-53-44-41(49)39(47)40(48)42(55-44)43(50)51)54-38(46)33-31-29-27-25-23-20-18-16-14-12-10-8-6-4-2/h16-19,36,39-42,44,47-49H,3-15,20-35H2,1-2H3,(H,50,51)/b18-16-,19-17-. The monoisotopic (exact) mass is 783 g/mol. The van der Waals surface area contributed by atoms with Crippen LogP contribution in [0.15, 0.2) is 24.3 Å². The number of aliphatic hydroxyl groups is 3. The van der Waals surface area contributed by atoms with Crippen LogP contribution in [0.3, 0.4) is 0 Å². The molecule has 1 aliphatic heterocycles. The summed E-state index contributed by atoms with van der Waals surface area (Å²) in [6.45, 7) is 3.78. The van der Waals surface area contributed by atoms with Crippen LogP contribution in [0, 0.1) is 0 Å². The molecule has 0 aromatic rings. The lowest BCUT2D eigenvalue weighted by molar-refractivity contribution is -0.298. The van der Waals surface area contributed by atoms with Crippen molar-refractivity contribution in [2.45, 2.75) is 224 Å². The second-order valence-electron chi connectivity index (χ2n) is 15.2. The Kier molecular flexibility index (Phi) is 32.2. The number of carbonyl (C=O) groups is 3. The van der Waals surface area contributed by atoms with E-state index in [1.165, 1.54) is 70.6 Å². The van der Waals surface area contributed by atoms with Crippen LogP contribution in [0.25, 0.3) is 0 Å². The molecule has 0 radical (unpaired) electrons. The Labute approximate surface area is 332 Å². The van der Waals surface area contributed by atoms with Crippen molar-refractivity contribution in [3.63, 3.8) is 0 Å². The van der Waals surface area contributed by atoms with Gasteiger partial charge in [0.05, 0.1) is 6.61 Å². The summed E-state index contributed by atoms with van der Waals surface area (Å²) in [5.74, 6) is -2.46. The number of carbonyl (C=O) groups excluding carboxylic acids is 2. The fourth-order valence-electron chi connectivity index (χ4n) is 6.51. The molecule has 1 aliphatic rings. The Morgan fingerprint density at radius 1 is 0.545 bits per heavy atom. The third-order valence-corrected chi connectivity index (χ3v) is 10.0. The highest BCUT2D eigenvalue weighted by atomic mass is 16.7. The molecule has 0 bridgehead atoms. The first-order valence-corrected chi connectivity index (χ1v) is 21.9. The van der Waals surface area contributed by atoms with Crippen molar-refractivity contribution in [2.24, 2.45) is 0 Å². The Bertz CT molecular complexity index is 1020. The van der Waals surface area contributed by atoms with Gasteiger partial charge in [0.25, 0.3) is 0 Å². The summed E-state index contributed by atoms with van der Waals surface area (Å²) in [6.07, 6.45) is 28.0. The van der Waals surface area contributed by atoms with Gasteiger partial charge >= 0.3 is 17.9 Å². The Hall–Kier alpha value is -2.31. The molecule has 4 N–H and O–H groups in total. The minimum atomic E-state index is -1.86. The van der Waals surface area contributed by atoms with Crippen LogP contribution in [-0.4, -0.2) is 88.4 Å². The van der Waals surface area contributed by atoms with Crippen molar-refractivity contribution in [2.75, 3.05) is 13.2 Å². The van der Waals surface area contributed by atoms with Crippen molar-refractivity contribution in [1.82, 2.24) is 0 Å². The molecule has 0 aromatic carbocycles. The molecule has 0 aliphatic carbocycles. The van der Waals surface area contributed by atoms with E-state index in [1.54, 1.807) is 0 Å². The minimum absolute atomic E-state index is 0.172. The van der Waals surface area contributed by atoms with Crippen molar-refractivity contribution in [3.05, 3.63) is 24.3 Å². The Morgan fingerprint density at radius 2 is 0.964 bits per heavy atom. The summed E-state index contributed by atoms with van der Waals surface area (Å²) in [4.78, 5) is 36.7. The third kappa shape index (κ3) is 27.0. The number of esters is 2. The van der Waals surface area contributed by atoms with Crippen LogP contribution in [0.2, 0.25) is 0 Å². The summed E-state index contributed by atoms with van der Waals surface area (Å²) >= 11 is 0. The fourth-order valence-corrected chi connectivity index (χ4v) is 6.51. The van der Waals surface area contributed by atoms with Gasteiger partial charge in [-0.2, -0.15) is 0 Å². The number of aliphatic carboxylic acids is 1. The van der Waals surface area contributed by atoms with Crippen molar-refractivity contribution in [3.8, 4) is 0 Å². The zero-order valence-corrected chi connectivity index (χ0v) is 34.4. The molecule has 55 heavy (non-hydrogen) atoms. The van der Waals surface area contributed by atoms with E-state index in [9.17, 15) is 34.8 Å². The number of ether oxygens (including phenoxy) is 4. The molecule has 6 atom stereocenters. The largest absolute Gasteiger partial charge is 0.479 e. The molecule has 11 heteroatoms. The fraction of sp³-hybridized carbons (Fsp3) is 0.841. The molecule has 0 saturated carbocycles. The maximum atomic E-state index is 12.7. The lowest BCUT2D eigenvalue weighted by atomic mass is 9.99. The molecular formula is C44H78O11. The van der Waals surface area contributed by atoms with E-state index >= 15 is 0 Å². The second-order valence-corrected chi connectivity index (χ2v) is 15.2. The second kappa shape index (κ2) is 34.9. The van der Waals surface area contributed by atoms with E-state index in [0.29, 0.717) is 12.8 Å². The first kappa shape index (κ1) is 50.7. The summed E-state index contributed by atoms with van der Waals surface area (Å²) in [7, 11) is 0. The number of hydrogen-bond acceptors (Lipinski definition) is 10. The minimum Gasteiger partial charge on any atom is -0.479 e. The topological polar surface area (TPSA) is 169 Å². The highest BCUT2D eigenvalue weighted by Gasteiger charge is 2.47. The molecule has 1 rings (SSSR count). The summed E-state index contributed by atoms with van der Waals surface area (Å²) < 4.78 is 21.7. The van der Waals surface area contributed by atoms with Crippen LogP contribution >= 0.6 is 0 Å². The average molecular weight is 783 g/mol. The molecule has 6 unspecified atom stereocenters. The lowest BCUT2D eigenvalue weighted by Gasteiger charge is -2.38. The number of aliphatic hydroxyl groups excluding tert-OH is 3. The highest BCUT2D eigenvalue weighted by Crippen LogP contribution is 2.23. The SMILES string of the molecule is CCCCCCC/C=C\CCCCCCCC(=O)OC(COC(=O)CCCCCCC/C=C\CCCCCCCC)COC1OC(C(=O)O)C(O)C(O)C1O. The zero-order chi connectivity index (χ0) is 40.4. The molecule has 0 spiro atoms. The number of hydrogen-bond donors (Lipinski definition) is 4. The third-order valence-electron chi connectivity index (χ3n) is 10.0. The first-order valence-electron chi connectivity index (χ1n) is 21.9. The maximum Gasteiger partial charge on any atom is 0.335 e. The van der Waals surface area contributed by atoms with Gasteiger partial charge in [0, 0.05) is 12.8 Å². The van der Waals surface area contributed by atoms with Crippen LogP contribution in [0.4, 0.5) is 0 Å². The van der Waals surface area contributed by atoms with Gasteiger partial charge < -0.3 is 39.4 Å². The van der Waals surface area contributed by atoms with Crippen LogP contribution in [0.1, 0.15) is 187 Å². The molecule has 0 amide bonds. The van der Waals surface area contributed by atoms with Gasteiger partial charge in [-0.3, -0.25) is 9.59 Å². The highest BCUT2D eigenvalue weighted by molar-refractivity contribution is 5.73. The predicted molar refractivity (Wildman–Crippen MR) is 215 cm³/mol. The Morgan fingerprint density at radius 3 is 1.42 bits per heavy atom. The van der Waals surface area contributed by atoms with Gasteiger partial charge in [-0.25, -0.2) is 4.79 Å². The van der Waals surface area contributed by atoms with Gasteiger partial charge in [-0.1, -0.05) is 134 Å². The average Bonchev–Trinajstić information content (AvgIpc) is 3.17. The molecule has 1 fully saturated rings. The van der Waals surface area contributed by atoms with E-state index in [0.717, 1.165) is 77.0 Å². The van der Waals surface area contributed by atoms with Gasteiger partial charge in [0.2, 0.25) is 0 Å². The van der Waals surface area contributed by atoms with Crippen LogP contribution in [0.5, 0.6) is 0 Å². The Balaban J connectivity index is 2.40. The summed E-state index contributed by atoms with van der Waals surface area (Å²) in [5.41, 5.74) is 0. The van der Waals surface area contributed by atoms with Crippen molar-refractivity contribution in [1.29, 1.82) is 0 Å². The molecular weight excluding hydrogens is 704 g/mol. The molecule has 0 aromatic heterocycles. The van der Waals surface area contributed by atoms with E-state index in [2.05, 4.69) is 38.2 Å². The smallest absolute Gasteiger partial charge is 0.335 e. The summed E-state index contributed by atoms with van der Waals surface area (Å²) in [6, 6.07) is 0. The van der Waals surface area contributed by atoms with Crippen molar-refractivity contribution >= 4 is 17.9 Å². The van der Waals surface area contributed by atoms with E-state index in [4.69, 9.17) is 18.9 Å². The predicted octanol–water partition coefficient (Wildman–Crippen LogP) is 9.04. The van der Waals surface area contributed by atoms with Gasteiger partial charge in [-0.05, 0) is 64.2 Å². The van der Waals surface area contributed by atoms with Crippen LogP contribution in [-0.2, 0) is 33.3 Å². The lowest BCUT2D eigenvalue weighted by Crippen LogP contribution is -2.60. The molecule has 1 saturated heterocycles. The van der Waals surface area contributed by atoms with E-state index in [-0.39, 0.29) is 19.4 Å². The number of carboxylic acids is 1. The van der Waals surface area contributed by atoms with Crippen LogP contribution < -0.4 is 0 Å². The number of allylic oxidation sites excluding steroid dienone is 4. The van der Waals surface area contributed by atoms with E-state index in [1.807, 2.05) is 0 Å². The molecule has 11 nitrogen and oxygen atoms in total. The molecule has 320 valence electrons. The van der Waals surface area contributed by atoms with Gasteiger partial charge in [0.15, 0.2) is 18.5 Å². The first-order chi connectivity index (χ1) is 26.7. The number of unbranched alkanes of at least 4 members (excludes halogenated alkanes) is 21. The van der Waals surface area contributed by atoms with E-state index < -0.39 is 61.3 Å². The maximum absolute atomic E-state index is 12.7. The number of carboxylic acid groups (broad SMARTS) is 1. The van der Waals surface area contributed by atoms with Crippen molar-refractivity contribution < 1.29 is 53.8 Å². The summed E-state index contributed by atoms with van der Waals surface area (Å²) in [5, 5.41) is 39.7. The normalized spacial score (nSPS) is 20.6. The zero-order valence-electron chi connectivity index (χ0n) is 34.4. The van der Waals surface area contributed by atoms with Gasteiger partial charge in [-0.15, -0.1) is 0 Å². The quantitative estimate of drug-likeness (QED) is 0.0272. The van der Waals surface area contributed by atoms with Gasteiger partial charge in [0.1, 0.15) is 24.9 Å². The molecule has 1 heterocycles. The number of rotatable bonds is 36.